The number of imide groups is 3. The third-order valence-corrected chi connectivity index (χ3v) is 21.8. The first kappa shape index (κ1) is 57.2. The van der Waals surface area contributed by atoms with Gasteiger partial charge in [0.05, 0.1) is 17.1 Å². The average molecular weight is 1310 g/mol. The quantitative estimate of drug-likeness (QED) is 0.108. The topological polar surface area (TPSA) is 154 Å². The molecule has 6 aromatic heterocycles. The molecule has 0 saturated heterocycles. The Hall–Kier alpha value is -12.5. The van der Waals surface area contributed by atoms with E-state index in [1.165, 1.54) is 14.7 Å². The van der Waals surface area contributed by atoms with Crippen LogP contribution in [0.1, 0.15) is 62.1 Å². The number of hydrogen-bond acceptors (Lipinski definition) is 13. The van der Waals surface area contributed by atoms with E-state index in [0.717, 1.165) is 95.9 Å². The van der Waals surface area contributed by atoms with E-state index in [-0.39, 0.29) is 35.4 Å². The molecule has 6 amide bonds. The number of thiophene rings is 3. The molecule has 0 unspecified atom stereocenters. The summed E-state index contributed by atoms with van der Waals surface area (Å²) in [4.78, 5) is 108. The van der Waals surface area contributed by atoms with Gasteiger partial charge in [0.15, 0.2) is 0 Å². The third-order valence-electron chi connectivity index (χ3n) is 18.3. The maximum Gasteiger partial charge on any atom is 0.265 e. The zero-order valence-electron chi connectivity index (χ0n) is 50.8. The third kappa shape index (κ3) is 9.21. The summed E-state index contributed by atoms with van der Waals surface area (Å²) in [6, 6.07) is 76.6. The number of anilines is 6. The van der Waals surface area contributed by atoms with Crippen LogP contribution in [0, 0.1) is 0 Å². The van der Waals surface area contributed by atoms with Crippen molar-refractivity contribution in [3.63, 3.8) is 0 Å². The molecule has 0 radical (unpaired) electrons. The molecule has 3 aliphatic heterocycles. The van der Waals surface area contributed by atoms with Crippen molar-refractivity contribution in [1.29, 1.82) is 0 Å². The zero-order valence-corrected chi connectivity index (χ0v) is 53.2. The van der Waals surface area contributed by atoms with Gasteiger partial charge in [-0.2, -0.15) is 0 Å². The lowest BCUT2D eigenvalue weighted by Crippen LogP contribution is -2.40. The number of nitrogens with zero attached hydrogens (tertiary/aromatic N) is 7. The summed E-state index contributed by atoms with van der Waals surface area (Å²) in [5.74, 6) is -2.24. The van der Waals surface area contributed by atoms with Crippen LogP contribution in [-0.2, 0) is 0 Å². The van der Waals surface area contributed by atoms with Crippen LogP contribution < -0.4 is 19.6 Å². The molecule has 13 nitrogen and oxygen atoms in total. The van der Waals surface area contributed by atoms with Crippen LogP contribution in [0.15, 0.2) is 274 Å². The fourth-order valence-electron chi connectivity index (χ4n) is 13.8. The Morgan fingerprint density at radius 3 is 0.742 bits per heavy atom. The van der Waals surface area contributed by atoms with E-state index in [2.05, 4.69) is 129 Å². The van der Waals surface area contributed by atoms with Crippen LogP contribution in [0.3, 0.4) is 0 Å². The van der Waals surface area contributed by atoms with Gasteiger partial charge in [-0.05, 0) is 195 Å². The molecule has 97 heavy (non-hydrogen) atoms. The van der Waals surface area contributed by atoms with Crippen LogP contribution in [0.2, 0.25) is 0 Å². The van der Waals surface area contributed by atoms with Crippen LogP contribution in [0.5, 0.6) is 0 Å². The van der Waals surface area contributed by atoms with Crippen molar-refractivity contribution < 1.29 is 28.8 Å². The van der Waals surface area contributed by atoms with Gasteiger partial charge in [-0.15, -0.1) is 34.0 Å². The van der Waals surface area contributed by atoms with Gasteiger partial charge in [-0.3, -0.25) is 43.7 Å². The minimum absolute atomic E-state index is 0.373. The van der Waals surface area contributed by atoms with Crippen LogP contribution in [-0.4, -0.2) is 50.4 Å². The summed E-state index contributed by atoms with van der Waals surface area (Å²) in [5.41, 5.74) is 12.9. The number of carbonyl (C=O) groups is 6. The average Bonchev–Trinajstić information content (AvgIpc) is 1.34. The van der Waals surface area contributed by atoms with Gasteiger partial charge in [-0.25, -0.2) is 14.7 Å². The number of hydrogen-bond donors (Lipinski definition) is 0. The molecule has 15 aromatic rings. The molecule has 9 aromatic carbocycles. The lowest BCUT2D eigenvalue weighted by atomic mass is 9.90. The van der Waals surface area contributed by atoms with E-state index in [0.29, 0.717) is 66.6 Å². The first-order chi connectivity index (χ1) is 47.6. The number of rotatable bonds is 12. The van der Waals surface area contributed by atoms with Crippen molar-refractivity contribution in [2.45, 2.75) is 0 Å². The maximum absolute atomic E-state index is 14.0. The minimum Gasteiger partial charge on any atom is -0.311 e. The molecule has 0 fully saturated rings. The van der Waals surface area contributed by atoms with Crippen molar-refractivity contribution in [1.82, 2.24) is 15.0 Å². The van der Waals surface area contributed by atoms with Crippen molar-refractivity contribution in [3.05, 3.63) is 307 Å². The molecular formula is C81H45N7O6S3. The van der Waals surface area contributed by atoms with Crippen molar-refractivity contribution in [2.24, 2.45) is 0 Å². The Morgan fingerprint density at radius 1 is 0.237 bits per heavy atom. The highest BCUT2D eigenvalue weighted by atomic mass is 32.1. The molecule has 3 aliphatic rings. The van der Waals surface area contributed by atoms with Crippen molar-refractivity contribution in [3.8, 4) is 62.6 Å². The Bertz CT molecular complexity index is 5220. The highest BCUT2D eigenvalue weighted by Gasteiger charge is 2.38. The summed E-state index contributed by atoms with van der Waals surface area (Å²) >= 11 is 4.94. The first-order valence-electron chi connectivity index (χ1n) is 31.1. The largest absolute Gasteiger partial charge is 0.311 e. The number of pyridine rings is 3. The predicted molar refractivity (Wildman–Crippen MR) is 386 cm³/mol. The predicted octanol–water partition coefficient (Wildman–Crippen LogP) is 19.4. The number of amides is 6. The Balaban J connectivity index is 0.665. The van der Waals surface area contributed by atoms with E-state index >= 15 is 0 Å². The standard InChI is InChI=1S/C81H45N7O6S3/c89-76-61-7-1-4-58-55(22-25-64(73(58)61)79(92)86(76)52-34-40-82-41-35-52)70-31-28-67(95-70)46-10-16-49(17-11-46)85(50-18-12-47(13-19-50)68-29-32-71(96-68)56-23-26-65-74-59(56)5-2-8-62(74)77(90)87(80(65)93)53-36-42-83-43-37-53)51-20-14-48(15-21-51)69-30-33-72(97-69)57-24-27-66-75-60(57)6-3-9-63(75)78(91)88(81(66)94)54-38-44-84-45-39-54/h1-45H. The second-order valence-corrected chi connectivity index (χ2v) is 26.8. The maximum atomic E-state index is 14.0. The zero-order chi connectivity index (χ0) is 65.2. The second-order valence-electron chi connectivity index (χ2n) is 23.6. The summed E-state index contributed by atoms with van der Waals surface area (Å²) in [6.45, 7) is 0. The van der Waals surface area contributed by atoms with E-state index in [9.17, 15) is 28.8 Å². The van der Waals surface area contributed by atoms with E-state index in [1.54, 1.807) is 126 Å². The monoisotopic (exact) mass is 1310 g/mol. The number of benzene rings is 9. The van der Waals surface area contributed by atoms with Crippen molar-refractivity contribution >= 4 is 136 Å². The summed E-state index contributed by atoms with van der Waals surface area (Å²) < 4.78 is 0. The molecule has 458 valence electrons. The fourth-order valence-corrected chi connectivity index (χ4v) is 17.0. The van der Waals surface area contributed by atoms with Gasteiger partial charge < -0.3 is 4.90 Å². The van der Waals surface area contributed by atoms with Gasteiger partial charge >= 0.3 is 0 Å². The van der Waals surface area contributed by atoms with Crippen LogP contribution in [0.25, 0.3) is 95.0 Å². The first-order valence-corrected chi connectivity index (χ1v) is 33.5. The molecular weight excluding hydrogens is 1260 g/mol. The second kappa shape index (κ2) is 22.6. The number of carbonyl (C=O) groups excluding carboxylic acids is 6. The van der Waals surface area contributed by atoms with Gasteiger partial charge in [0.2, 0.25) is 0 Å². The molecule has 16 heteroatoms. The molecule has 0 bridgehead atoms. The molecule has 9 heterocycles. The van der Waals surface area contributed by atoms with E-state index in [1.807, 2.05) is 72.8 Å². The normalized spacial score (nSPS) is 13.4. The SMILES string of the molecule is O=C1c2cccc3c(-c4ccc(-c5ccc(N(c6ccc(-c7ccc(-c8ccc9c%10c(cccc8%10)C(=O)N(c8ccncc8)C9=O)s7)cc6)c6ccc(-c7ccc(-c8ccc9c%10c(cccc8%10)C(=O)N(c8ccncc8)C9=O)s7)cc6)cc5)s4)ccc(c23)C(=O)N1c1ccncc1. The summed E-state index contributed by atoms with van der Waals surface area (Å²) in [6.07, 6.45) is 9.42. The molecule has 0 N–H and O–H groups in total. The molecule has 0 saturated carbocycles. The molecule has 18 rings (SSSR count). The fraction of sp³-hybridized carbons (Fsp3) is 0. The lowest BCUT2D eigenvalue weighted by molar-refractivity contribution is 0.0877. The van der Waals surface area contributed by atoms with E-state index in [4.69, 9.17) is 0 Å². The Morgan fingerprint density at radius 2 is 0.474 bits per heavy atom. The van der Waals surface area contributed by atoms with Crippen LogP contribution >= 0.6 is 34.0 Å². The lowest BCUT2D eigenvalue weighted by Gasteiger charge is -2.27. The van der Waals surface area contributed by atoms with Gasteiger partial charge in [0, 0.05) is 133 Å². The van der Waals surface area contributed by atoms with Gasteiger partial charge in [-0.1, -0.05) is 91.0 Å². The van der Waals surface area contributed by atoms with Gasteiger partial charge in [0.25, 0.3) is 35.4 Å². The van der Waals surface area contributed by atoms with Crippen molar-refractivity contribution in [2.75, 3.05) is 19.6 Å². The molecule has 0 aliphatic carbocycles. The summed E-state index contributed by atoms with van der Waals surface area (Å²) in [7, 11) is 0. The smallest absolute Gasteiger partial charge is 0.265 e. The van der Waals surface area contributed by atoms with E-state index < -0.39 is 0 Å². The minimum atomic E-state index is -0.373. The highest BCUT2D eigenvalue weighted by molar-refractivity contribution is 7.19. The molecule has 0 spiro atoms. The van der Waals surface area contributed by atoms with Gasteiger partial charge in [0.1, 0.15) is 0 Å². The number of aromatic nitrogens is 3. The Kier molecular flexibility index (Phi) is 13.4. The summed E-state index contributed by atoms with van der Waals surface area (Å²) in [5, 5.41) is 4.45. The van der Waals surface area contributed by atoms with Crippen LogP contribution in [0.4, 0.5) is 34.1 Å². The molecule has 0 atom stereocenters. The Labute approximate surface area is 565 Å². The highest BCUT2D eigenvalue weighted by Crippen LogP contribution is 2.48.